The van der Waals surface area contributed by atoms with E-state index < -0.39 is 0 Å². The fraction of sp³-hybridized carbons (Fsp3) is 0.538. The molecule has 1 aliphatic rings. The predicted octanol–water partition coefficient (Wildman–Crippen LogP) is 3.06. The first kappa shape index (κ1) is 12.7. The normalized spacial score (nSPS) is 23.8. The largest absolute Gasteiger partial charge is 0.363 e. The van der Waals surface area contributed by atoms with Crippen LogP contribution < -0.4 is 10.2 Å². The van der Waals surface area contributed by atoms with Gasteiger partial charge in [0, 0.05) is 24.7 Å². The molecule has 1 aliphatic heterocycles. The van der Waals surface area contributed by atoms with Crippen molar-refractivity contribution < 1.29 is 4.39 Å². The standard InChI is InChI=1S/C13H18ClFN2/c1-9-7-16-13(2,3)8-17(9)11-6-4-5-10(14)12(11)15/h4-6,9,16H,7-8H2,1-3H3. The number of rotatable bonds is 1. The molecule has 17 heavy (non-hydrogen) atoms. The molecular weight excluding hydrogens is 239 g/mol. The molecule has 2 nitrogen and oxygen atoms in total. The molecule has 1 N–H and O–H groups in total. The molecule has 1 fully saturated rings. The fourth-order valence-electron chi connectivity index (χ4n) is 2.21. The molecule has 1 heterocycles. The van der Waals surface area contributed by atoms with Gasteiger partial charge in [-0.2, -0.15) is 0 Å². The maximum atomic E-state index is 14.0. The number of hydrogen-bond acceptors (Lipinski definition) is 2. The summed E-state index contributed by atoms with van der Waals surface area (Å²) in [4.78, 5) is 2.08. The average Bonchev–Trinajstić information content (AvgIpc) is 2.26. The van der Waals surface area contributed by atoms with E-state index in [1.807, 2.05) is 0 Å². The Hall–Kier alpha value is -0.800. The van der Waals surface area contributed by atoms with Gasteiger partial charge in [0.05, 0.1) is 10.7 Å². The first-order valence-electron chi connectivity index (χ1n) is 5.86. The van der Waals surface area contributed by atoms with E-state index in [2.05, 4.69) is 31.0 Å². The Kier molecular flexibility index (Phi) is 3.32. The summed E-state index contributed by atoms with van der Waals surface area (Å²) in [5, 5.41) is 3.63. The van der Waals surface area contributed by atoms with Crippen LogP contribution in [0, 0.1) is 5.82 Å². The van der Waals surface area contributed by atoms with Crippen molar-refractivity contribution in [1.82, 2.24) is 5.32 Å². The van der Waals surface area contributed by atoms with Gasteiger partial charge in [-0.15, -0.1) is 0 Å². The van der Waals surface area contributed by atoms with Crippen molar-refractivity contribution in [3.05, 3.63) is 29.0 Å². The molecule has 1 unspecified atom stereocenters. The van der Waals surface area contributed by atoms with Crippen LogP contribution in [0.4, 0.5) is 10.1 Å². The molecule has 0 saturated carbocycles. The molecule has 0 radical (unpaired) electrons. The lowest BCUT2D eigenvalue weighted by Crippen LogP contribution is -2.61. The maximum absolute atomic E-state index is 14.0. The fourth-order valence-corrected chi connectivity index (χ4v) is 2.38. The molecule has 1 saturated heterocycles. The Balaban J connectivity index is 2.34. The molecule has 0 spiro atoms. The smallest absolute Gasteiger partial charge is 0.165 e. The second-order valence-electron chi connectivity index (χ2n) is 5.31. The molecule has 4 heteroatoms. The van der Waals surface area contributed by atoms with Crippen molar-refractivity contribution in [3.63, 3.8) is 0 Å². The van der Waals surface area contributed by atoms with Crippen LogP contribution in [0.5, 0.6) is 0 Å². The molecule has 94 valence electrons. The van der Waals surface area contributed by atoms with Crippen molar-refractivity contribution in [2.75, 3.05) is 18.0 Å². The second-order valence-corrected chi connectivity index (χ2v) is 5.72. The lowest BCUT2D eigenvalue weighted by molar-refractivity contribution is 0.316. The van der Waals surface area contributed by atoms with E-state index in [1.54, 1.807) is 18.2 Å². The van der Waals surface area contributed by atoms with E-state index in [1.165, 1.54) is 0 Å². The van der Waals surface area contributed by atoms with E-state index >= 15 is 0 Å². The highest BCUT2D eigenvalue weighted by Gasteiger charge is 2.31. The molecular formula is C13H18ClFN2. The number of halogens is 2. The van der Waals surface area contributed by atoms with Gasteiger partial charge in [0.25, 0.3) is 0 Å². The molecule has 0 amide bonds. The van der Waals surface area contributed by atoms with Gasteiger partial charge < -0.3 is 10.2 Å². The van der Waals surface area contributed by atoms with Gasteiger partial charge in [-0.05, 0) is 32.9 Å². The van der Waals surface area contributed by atoms with Gasteiger partial charge in [-0.3, -0.25) is 0 Å². The van der Waals surface area contributed by atoms with Crippen LogP contribution in [-0.4, -0.2) is 24.7 Å². The van der Waals surface area contributed by atoms with Crippen molar-refractivity contribution in [3.8, 4) is 0 Å². The summed E-state index contributed by atoms with van der Waals surface area (Å²) >= 11 is 5.83. The number of piperazine rings is 1. The average molecular weight is 257 g/mol. The summed E-state index contributed by atoms with van der Waals surface area (Å²) in [7, 11) is 0. The topological polar surface area (TPSA) is 15.3 Å². The summed E-state index contributed by atoms with van der Waals surface area (Å²) in [6, 6.07) is 5.43. The van der Waals surface area contributed by atoms with Gasteiger partial charge in [0.2, 0.25) is 0 Å². The van der Waals surface area contributed by atoms with Crippen LogP contribution in [0.25, 0.3) is 0 Å². The Morgan fingerprint density at radius 2 is 2.18 bits per heavy atom. The summed E-state index contributed by atoms with van der Waals surface area (Å²) in [5.74, 6) is -0.321. The van der Waals surface area contributed by atoms with Crippen LogP contribution in [0.1, 0.15) is 20.8 Å². The maximum Gasteiger partial charge on any atom is 0.165 e. The number of hydrogen-bond donors (Lipinski definition) is 1. The summed E-state index contributed by atoms with van der Waals surface area (Å²) in [6.45, 7) is 7.94. The first-order chi connectivity index (χ1) is 7.91. The van der Waals surface area contributed by atoms with E-state index in [0.29, 0.717) is 5.69 Å². The third-order valence-electron chi connectivity index (χ3n) is 3.21. The summed E-state index contributed by atoms with van der Waals surface area (Å²) in [6.07, 6.45) is 0. The molecule has 1 aromatic carbocycles. The minimum absolute atomic E-state index is 0.0126. The minimum atomic E-state index is -0.321. The van der Waals surface area contributed by atoms with Gasteiger partial charge in [0.1, 0.15) is 0 Å². The number of anilines is 1. The number of nitrogens with zero attached hydrogens (tertiary/aromatic N) is 1. The Morgan fingerprint density at radius 3 is 2.88 bits per heavy atom. The highest BCUT2D eigenvalue weighted by molar-refractivity contribution is 6.31. The van der Waals surface area contributed by atoms with Gasteiger partial charge in [-0.1, -0.05) is 17.7 Å². The molecule has 0 bridgehead atoms. The summed E-state index contributed by atoms with van der Waals surface area (Å²) < 4.78 is 14.0. The van der Waals surface area contributed by atoms with Crippen molar-refractivity contribution >= 4 is 17.3 Å². The Morgan fingerprint density at radius 1 is 1.47 bits per heavy atom. The van der Waals surface area contributed by atoms with Gasteiger partial charge in [0.15, 0.2) is 5.82 Å². The van der Waals surface area contributed by atoms with Gasteiger partial charge >= 0.3 is 0 Å². The zero-order valence-corrected chi connectivity index (χ0v) is 11.2. The van der Waals surface area contributed by atoms with E-state index in [0.717, 1.165) is 13.1 Å². The Labute approximate surface area is 107 Å². The van der Waals surface area contributed by atoms with Crippen LogP contribution >= 0.6 is 11.6 Å². The van der Waals surface area contributed by atoms with Crippen molar-refractivity contribution in [2.45, 2.75) is 32.4 Å². The second kappa shape index (κ2) is 4.46. The molecule has 1 aromatic rings. The third-order valence-corrected chi connectivity index (χ3v) is 3.51. The minimum Gasteiger partial charge on any atom is -0.363 e. The van der Waals surface area contributed by atoms with Crippen LogP contribution in [0.15, 0.2) is 18.2 Å². The summed E-state index contributed by atoms with van der Waals surface area (Å²) in [5.41, 5.74) is 0.584. The quantitative estimate of drug-likeness (QED) is 0.831. The SMILES string of the molecule is CC1CNC(C)(C)CN1c1cccc(Cl)c1F. The Bertz CT molecular complexity index is 420. The highest BCUT2D eigenvalue weighted by atomic mass is 35.5. The van der Waals surface area contributed by atoms with Crippen LogP contribution in [-0.2, 0) is 0 Å². The molecule has 1 atom stereocenters. The molecule has 2 rings (SSSR count). The van der Waals surface area contributed by atoms with E-state index in [4.69, 9.17) is 11.6 Å². The van der Waals surface area contributed by atoms with E-state index in [-0.39, 0.29) is 22.4 Å². The molecule has 0 aromatic heterocycles. The lowest BCUT2D eigenvalue weighted by atomic mass is 9.98. The number of benzene rings is 1. The molecule has 0 aliphatic carbocycles. The van der Waals surface area contributed by atoms with Crippen LogP contribution in [0.3, 0.4) is 0 Å². The van der Waals surface area contributed by atoms with Crippen molar-refractivity contribution in [2.24, 2.45) is 0 Å². The third kappa shape index (κ3) is 2.55. The first-order valence-corrected chi connectivity index (χ1v) is 6.24. The van der Waals surface area contributed by atoms with E-state index in [9.17, 15) is 4.39 Å². The lowest BCUT2D eigenvalue weighted by Gasteiger charge is -2.44. The zero-order chi connectivity index (χ0) is 12.6. The van der Waals surface area contributed by atoms with Crippen LogP contribution in [0.2, 0.25) is 5.02 Å². The monoisotopic (exact) mass is 256 g/mol. The van der Waals surface area contributed by atoms with Gasteiger partial charge in [-0.25, -0.2) is 4.39 Å². The zero-order valence-electron chi connectivity index (χ0n) is 10.4. The highest BCUT2D eigenvalue weighted by Crippen LogP contribution is 2.29. The van der Waals surface area contributed by atoms with Crippen molar-refractivity contribution in [1.29, 1.82) is 0 Å². The predicted molar refractivity (Wildman–Crippen MR) is 70.3 cm³/mol. The number of nitrogens with one attached hydrogen (secondary N) is 1.